The Labute approximate surface area is 107 Å². The highest BCUT2D eigenvalue weighted by Gasteiger charge is 2.07. The number of aryl methyl sites for hydroxylation is 1. The zero-order chi connectivity index (χ0) is 12.1. The summed E-state index contributed by atoms with van der Waals surface area (Å²) in [5.41, 5.74) is 2.70. The molecule has 1 atom stereocenters. The molecule has 2 nitrogen and oxygen atoms in total. The number of nitrogens with one attached hydrogen (secondary N) is 1. The predicted molar refractivity (Wildman–Crippen MR) is 73.2 cm³/mol. The summed E-state index contributed by atoms with van der Waals surface area (Å²) < 4.78 is 0. The third-order valence-corrected chi connectivity index (χ3v) is 3.94. The molecule has 1 unspecified atom stereocenters. The molecular formula is C14H18N2S. The first-order valence-electron chi connectivity index (χ1n) is 5.99. The van der Waals surface area contributed by atoms with Crippen LogP contribution in [0.1, 0.15) is 35.9 Å². The fourth-order valence-electron chi connectivity index (χ4n) is 1.83. The molecule has 0 fully saturated rings. The van der Waals surface area contributed by atoms with Gasteiger partial charge >= 0.3 is 0 Å². The van der Waals surface area contributed by atoms with Crippen LogP contribution in [0.4, 0.5) is 0 Å². The van der Waals surface area contributed by atoms with Gasteiger partial charge in [0.05, 0.1) is 0 Å². The van der Waals surface area contributed by atoms with Crippen LogP contribution in [0.15, 0.2) is 36.0 Å². The molecule has 2 heterocycles. The fourth-order valence-corrected chi connectivity index (χ4v) is 2.76. The van der Waals surface area contributed by atoms with Crippen LogP contribution in [0, 0.1) is 0 Å². The summed E-state index contributed by atoms with van der Waals surface area (Å²) in [5, 5.41) is 5.72. The van der Waals surface area contributed by atoms with Gasteiger partial charge in [-0.15, -0.1) is 11.3 Å². The van der Waals surface area contributed by atoms with Gasteiger partial charge in [-0.2, -0.15) is 0 Å². The molecular weight excluding hydrogens is 228 g/mol. The molecule has 0 radical (unpaired) electrons. The van der Waals surface area contributed by atoms with Crippen molar-refractivity contribution in [1.29, 1.82) is 0 Å². The Kier molecular flexibility index (Phi) is 4.29. The minimum absolute atomic E-state index is 0.343. The second-order valence-corrected chi connectivity index (χ2v) is 5.11. The van der Waals surface area contributed by atoms with Gasteiger partial charge < -0.3 is 5.32 Å². The number of rotatable bonds is 5. The van der Waals surface area contributed by atoms with Crippen molar-refractivity contribution in [3.05, 3.63) is 52.0 Å². The molecule has 0 amide bonds. The van der Waals surface area contributed by atoms with Gasteiger partial charge in [0.1, 0.15) is 0 Å². The van der Waals surface area contributed by atoms with Gasteiger partial charge in [-0.25, -0.2) is 0 Å². The molecule has 3 heteroatoms. The number of hydrogen-bond acceptors (Lipinski definition) is 3. The van der Waals surface area contributed by atoms with Crippen molar-refractivity contribution in [2.24, 2.45) is 0 Å². The van der Waals surface area contributed by atoms with E-state index >= 15 is 0 Å². The number of pyridine rings is 1. The average molecular weight is 246 g/mol. The second-order valence-electron chi connectivity index (χ2n) is 4.11. The van der Waals surface area contributed by atoms with Crippen LogP contribution in [-0.2, 0) is 13.0 Å². The zero-order valence-corrected chi connectivity index (χ0v) is 11.1. The van der Waals surface area contributed by atoms with Crippen molar-refractivity contribution < 1.29 is 0 Å². The van der Waals surface area contributed by atoms with Crippen LogP contribution < -0.4 is 5.32 Å². The Balaban J connectivity index is 1.95. The average Bonchev–Trinajstić information content (AvgIpc) is 2.84. The van der Waals surface area contributed by atoms with Crippen molar-refractivity contribution in [3.63, 3.8) is 0 Å². The number of nitrogens with zero attached hydrogens (tertiary/aromatic N) is 1. The fraction of sp³-hybridized carbons (Fsp3) is 0.357. The lowest BCUT2D eigenvalue weighted by atomic mass is 10.1. The molecule has 0 aromatic carbocycles. The third kappa shape index (κ3) is 3.14. The van der Waals surface area contributed by atoms with Crippen LogP contribution >= 0.6 is 11.3 Å². The van der Waals surface area contributed by atoms with Gasteiger partial charge in [-0.3, -0.25) is 4.98 Å². The summed E-state index contributed by atoms with van der Waals surface area (Å²) in [6, 6.07) is 6.65. The smallest absolute Gasteiger partial charge is 0.0315 e. The van der Waals surface area contributed by atoms with Crippen LogP contribution in [0.25, 0.3) is 0 Å². The lowest BCUT2D eigenvalue weighted by molar-refractivity contribution is 0.575. The van der Waals surface area contributed by atoms with E-state index < -0.39 is 0 Å². The highest BCUT2D eigenvalue weighted by molar-refractivity contribution is 7.10. The molecule has 0 aliphatic rings. The van der Waals surface area contributed by atoms with Gasteiger partial charge in [0.25, 0.3) is 0 Å². The van der Waals surface area contributed by atoms with Crippen LogP contribution in [-0.4, -0.2) is 4.98 Å². The molecule has 17 heavy (non-hydrogen) atoms. The molecule has 1 N–H and O–H groups in total. The minimum atomic E-state index is 0.343. The van der Waals surface area contributed by atoms with Crippen molar-refractivity contribution in [2.75, 3.05) is 0 Å². The molecule has 0 aliphatic heterocycles. The van der Waals surface area contributed by atoms with E-state index in [-0.39, 0.29) is 0 Å². The third-order valence-electron chi connectivity index (χ3n) is 2.97. The normalized spacial score (nSPS) is 12.6. The van der Waals surface area contributed by atoms with Crippen molar-refractivity contribution in [3.8, 4) is 0 Å². The van der Waals surface area contributed by atoms with E-state index in [0.29, 0.717) is 6.04 Å². The van der Waals surface area contributed by atoms with Crippen LogP contribution in [0.3, 0.4) is 0 Å². The molecule has 0 aliphatic carbocycles. The number of aromatic nitrogens is 1. The van der Waals surface area contributed by atoms with Gasteiger partial charge in [0, 0.05) is 29.9 Å². The first kappa shape index (κ1) is 12.3. The monoisotopic (exact) mass is 246 g/mol. The maximum atomic E-state index is 4.15. The predicted octanol–water partition coefficient (Wildman–Crippen LogP) is 3.56. The maximum Gasteiger partial charge on any atom is 0.0315 e. The van der Waals surface area contributed by atoms with E-state index in [1.54, 1.807) is 0 Å². The van der Waals surface area contributed by atoms with Crippen molar-refractivity contribution >= 4 is 11.3 Å². The summed E-state index contributed by atoms with van der Waals surface area (Å²) in [5.74, 6) is 0. The lowest BCUT2D eigenvalue weighted by Crippen LogP contribution is -2.18. The van der Waals surface area contributed by atoms with E-state index in [1.165, 1.54) is 16.0 Å². The molecule has 90 valence electrons. The van der Waals surface area contributed by atoms with E-state index in [4.69, 9.17) is 0 Å². The Bertz CT molecular complexity index is 450. The van der Waals surface area contributed by atoms with E-state index in [0.717, 1.165) is 13.0 Å². The zero-order valence-electron chi connectivity index (χ0n) is 10.3. The first-order valence-corrected chi connectivity index (χ1v) is 6.87. The van der Waals surface area contributed by atoms with E-state index in [1.807, 2.05) is 29.8 Å². The SMILES string of the molecule is CCc1ccsc1CNC(C)c1cccnc1. The van der Waals surface area contributed by atoms with Gasteiger partial charge in [-0.1, -0.05) is 13.0 Å². The molecule has 2 rings (SSSR count). The number of hydrogen-bond donors (Lipinski definition) is 1. The quantitative estimate of drug-likeness (QED) is 0.872. The highest BCUT2D eigenvalue weighted by atomic mass is 32.1. The minimum Gasteiger partial charge on any atom is -0.305 e. The van der Waals surface area contributed by atoms with E-state index in [9.17, 15) is 0 Å². The molecule has 2 aromatic heterocycles. The Morgan fingerprint density at radius 2 is 2.29 bits per heavy atom. The molecule has 0 saturated carbocycles. The summed E-state index contributed by atoms with van der Waals surface area (Å²) >= 11 is 1.83. The summed E-state index contributed by atoms with van der Waals surface area (Å²) in [4.78, 5) is 5.59. The summed E-state index contributed by atoms with van der Waals surface area (Å²) in [6.07, 6.45) is 4.85. The Morgan fingerprint density at radius 1 is 1.41 bits per heavy atom. The largest absolute Gasteiger partial charge is 0.305 e. The lowest BCUT2D eigenvalue weighted by Gasteiger charge is -2.13. The van der Waals surface area contributed by atoms with E-state index in [2.05, 4.69) is 41.7 Å². The van der Waals surface area contributed by atoms with Gasteiger partial charge in [-0.05, 0) is 42.0 Å². The molecule has 0 spiro atoms. The Morgan fingerprint density at radius 3 is 3.00 bits per heavy atom. The van der Waals surface area contributed by atoms with Crippen LogP contribution in [0.2, 0.25) is 0 Å². The van der Waals surface area contributed by atoms with Crippen molar-refractivity contribution in [1.82, 2.24) is 10.3 Å². The topological polar surface area (TPSA) is 24.9 Å². The van der Waals surface area contributed by atoms with Gasteiger partial charge in [0.15, 0.2) is 0 Å². The Hall–Kier alpha value is -1.19. The summed E-state index contributed by atoms with van der Waals surface area (Å²) in [7, 11) is 0. The van der Waals surface area contributed by atoms with Crippen molar-refractivity contribution in [2.45, 2.75) is 32.9 Å². The number of thiophene rings is 1. The first-order chi connectivity index (χ1) is 8.31. The molecule has 2 aromatic rings. The molecule has 0 bridgehead atoms. The highest BCUT2D eigenvalue weighted by Crippen LogP contribution is 2.19. The van der Waals surface area contributed by atoms with Gasteiger partial charge in [0.2, 0.25) is 0 Å². The second kappa shape index (κ2) is 5.94. The maximum absolute atomic E-state index is 4.15. The summed E-state index contributed by atoms with van der Waals surface area (Å²) in [6.45, 7) is 5.32. The standard InChI is InChI=1S/C14H18N2S/c1-3-12-6-8-17-14(12)10-16-11(2)13-5-4-7-15-9-13/h4-9,11,16H,3,10H2,1-2H3. The van der Waals surface area contributed by atoms with Crippen LogP contribution in [0.5, 0.6) is 0 Å². The molecule has 0 saturated heterocycles.